The van der Waals surface area contributed by atoms with Crippen molar-refractivity contribution in [3.63, 3.8) is 0 Å². The van der Waals surface area contributed by atoms with Crippen LogP contribution in [0, 0.1) is 0 Å². The largest absolute Gasteiger partial charge is 0.456 e. The zero-order chi connectivity index (χ0) is 29.5. The zero-order valence-corrected chi connectivity index (χ0v) is 24.4. The minimum atomic E-state index is 0.902. The molecule has 0 unspecified atom stereocenters. The van der Waals surface area contributed by atoms with E-state index in [9.17, 15) is 0 Å². The number of hydrogen-bond donors (Lipinski definition) is 0. The van der Waals surface area contributed by atoms with Gasteiger partial charge in [-0.25, -0.2) is 0 Å². The van der Waals surface area contributed by atoms with Gasteiger partial charge in [-0.2, -0.15) is 0 Å². The van der Waals surface area contributed by atoms with E-state index >= 15 is 0 Å². The highest BCUT2D eigenvalue weighted by atomic mass is 16.5. The van der Waals surface area contributed by atoms with E-state index in [2.05, 4.69) is 158 Å². The van der Waals surface area contributed by atoms with Gasteiger partial charge >= 0.3 is 0 Å². The van der Waals surface area contributed by atoms with Crippen LogP contribution in [0.1, 0.15) is 0 Å². The quantitative estimate of drug-likeness (QED) is 0.192. The zero-order valence-electron chi connectivity index (χ0n) is 24.4. The van der Waals surface area contributed by atoms with Crippen LogP contribution in [0.5, 0.6) is 11.5 Å². The van der Waals surface area contributed by atoms with E-state index in [1.165, 1.54) is 82.0 Å². The molecular formula is C44H26O. The summed E-state index contributed by atoms with van der Waals surface area (Å²) in [5.41, 5.74) is 9.74. The Labute approximate surface area is 260 Å². The normalized spacial score (nSPS) is 12.2. The van der Waals surface area contributed by atoms with E-state index in [0.29, 0.717) is 0 Å². The Balaban J connectivity index is 1.21. The number of fused-ring (bicyclic) bond motifs is 2. The molecule has 0 saturated heterocycles. The summed E-state index contributed by atoms with van der Waals surface area (Å²) in [5, 5.41) is 10.2. The fraction of sp³-hybridized carbons (Fsp3) is 0. The first-order chi connectivity index (χ1) is 22.3. The standard InChI is InChI=1S/C44H26O/c1-3-8-27(9-4-1)31-18-24-40-39(26-31)36-13-7-12-35-34(23-25-41(45-40)44(35)36)33-20-15-30-16-21-37-32(28-10-5-2-6-11-28)19-14-29-17-22-38(33)43(30)42(29)37/h1-26H. The third kappa shape index (κ3) is 3.56. The van der Waals surface area contributed by atoms with Gasteiger partial charge in [-0.1, -0.05) is 140 Å². The Bertz CT molecular complexity index is 2600. The number of benzene rings is 9. The van der Waals surface area contributed by atoms with Gasteiger partial charge in [-0.05, 0) is 94.8 Å². The topological polar surface area (TPSA) is 9.23 Å². The average molecular weight is 571 g/mol. The van der Waals surface area contributed by atoms with E-state index in [1.54, 1.807) is 0 Å². The van der Waals surface area contributed by atoms with E-state index in [1.807, 2.05) is 0 Å². The molecule has 1 heterocycles. The molecule has 10 rings (SSSR count). The maximum absolute atomic E-state index is 6.57. The van der Waals surface area contributed by atoms with Gasteiger partial charge in [-0.15, -0.1) is 0 Å². The van der Waals surface area contributed by atoms with Crippen LogP contribution >= 0.6 is 0 Å². The maximum Gasteiger partial charge on any atom is 0.135 e. The lowest BCUT2D eigenvalue weighted by atomic mass is 9.85. The van der Waals surface area contributed by atoms with Gasteiger partial charge < -0.3 is 4.74 Å². The lowest BCUT2D eigenvalue weighted by Crippen LogP contribution is -1.98. The smallest absolute Gasteiger partial charge is 0.135 e. The Morgan fingerprint density at radius 1 is 0.289 bits per heavy atom. The minimum absolute atomic E-state index is 0.902. The summed E-state index contributed by atoms with van der Waals surface area (Å²) < 4.78 is 6.57. The summed E-state index contributed by atoms with van der Waals surface area (Å²) >= 11 is 0. The van der Waals surface area contributed by atoms with Crippen molar-refractivity contribution in [3.05, 3.63) is 158 Å². The van der Waals surface area contributed by atoms with Crippen molar-refractivity contribution in [3.8, 4) is 56.0 Å². The molecule has 9 aromatic rings. The SMILES string of the molecule is c1ccc(-c2ccc3c(c2)-c2cccc4c(-c5ccc6ccc7c(-c8ccccc8)ccc8ccc5c6c87)ccc(c24)O3)cc1. The fourth-order valence-electron chi connectivity index (χ4n) is 7.58. The van der Waals surface area contributed by atoms with E-state index in [-0.39, 0.29) is 0 Å². The first-order valence-electron chi connectivity index (χ1n) is 15.5. The maximum atomic E-state index is 6.57. The van der Waals surface area contributed by atoms with Gasteiger partial charge in [0.15, 0.2) is 0 Å². The molecule has 0 spiro atoms. The summed E-state index contributed by atoms with van der Waals surface area (Å²) in [6.45, 7) is 0. The van der Waals surface area contributed by atoms with Crippen LogP contribution in [0.25, 0.3) is 87.6 Å². The molecule has 0 amide bonds. The molecule has 0 N–H and O–H groups in total. The van der Waals surface area contributed by atoms with Crippen LogP contribution in [-0.2, 0) is 0 Å². The lowest BCUT2D eigenvalue weighted by Gasteiger charge is -2.24. The highest BCUT2D eigenvalue weighted by Gasteiger charge is 2.23. The molecule has 0 radical (unpaired) electrons. The van der Waals surface area contributed by atoms with E-state index in [0.717, 1.165) is 17.1 Å². The molecule has 0 aliphatic carbocycles. The molecule has 1 aliphatic rings. The summed E-state index contributed by atoms with van der Waals surface area (Å²) in [6.07, 6.45) is 0. The number of ether oxygens (including phenoxy) is 1. The first kappa shape index (κ1) is 24.5. The van der Waals surface area contributed by atoms with Crippen LogP contribution in [0.3, 0.4) is 0 Å². The molecule has 1 aliphatic heterocycles. The second kappa shape index (κ2) is 9.29. The number of rotatable bonds is 3. The average Bonchev–Trinajstić information content (AvgIpc) is 3.11. The number of hydrogen-bond acceptors (Lipinski definition) is 1. The van der Waals surface area contributed by atoms with Crippen molar-refractivity contribution in [1.82, 2.24) is 0 Å². The van der Waals surface area contributed by atoms with Crippen LogP contribution in [0.15, 0.2) is 158 Å². The predicted molar refractivity (Wildman–Crippen MR) is 189 cm³/mol. The van der Waals surface area contributed by atoms with Crippen LogP contribution in [0.4, 0.5) is 0 Å². The van der Waals surface area contributed by atoms with E-state index < -0.39 is 0 Å². The third-order valence-electron chi connectivity index (χ3n) is 9.64. The Kier molecular flexibility index (Phi) is 5.06. The van der Waals surface area contributed by atoms with Crippen molar-refractivity contribution < 1.29 is 4.74 Å². The first-order valence-corrected chi connectivity index (χ1v) is 15.5. The Morgan fingerprint density at radius 3 is 1.60 bits per heavy atom. The monoisotopic (exact) mass is 570 g/mol. The minimum Gasteiger partial charge on any atom is -0.456 e. The van der Waals surface area contributed by atoms with Gasteiger partial charge in [0.25, 0.3) is 0 Å². The summed E-state index contributed by atoms with van der Waals surface area (Å²) in [5.74, 6) is 1.81. The predicted octanol–water partition coefficient (Wildman–Crippen LogP) is 12.5. The molecule has 0 saturated carbocycles. The van der Waals surface area contributed by atoms with Gasteiger partial charge in [-0.3, -0.25) is 0 Å². The summed E-state index contributed by atoms with van der Waals surface area (Å²) in [4.78, 5) is 0. The fourth-order valence-corrected chi connectivity index (χ4v) is 7.58. The second-order valence-corrected chi connectivity index (χ2v) is 12.0. The highest BCUT2D eigenvalue weighted by Crippen LogP contribution is 2.51. The van der Waals surface area contributed by atoms with Crippen LogP contribution in [-0.4, -0.2) is 0 Å². The molecule has 1 heteroatoms. The van der Waals surface area contributed by atoms with Crippen molar-refractivity contribution in [2.45, 2.75) is 0 Å². The molecule has 0 fully saturated rings. The molecule has 0 bridgehead atoms. The van der Waals surface area contributed by atoms with Gasteiger partial charge in [0.05, 0.1) is 0 Å². The molecule has 0 aromatic heterocycles. The van der Waals surface area contributed by atoms with Crippen molar-refractivity contribution in [1.29, 1.82) is 0 Å². The molecule has 208 valence electrons. The molecule has 0 atom stereocenters. The summed E-state index contributed by atoms with van der Waals surface area (Å²) in [6, 6.07) is 57.2. The van der Waals surface area contributed by atoms with Crippen LogP contribution < -0.4 is 4.74 Å². The van der Waals surface area contributed by atoms with Crippen molar-refractivity contribution >= 4 is 43.1 Å². The third-order valence-corrected chi connectivity index (χ3v) is 9.64. The van der Waals surface area contributed by atoms with Crippen molar-refractivity contribution in [2.75, 3.05) is 0 Å². The van der Waals surface area contributed by atoms with Crippen molar-refractivity contribution in [2.24, 2.45) is 0 Å². The molecule has 9 aromatic carbocycles. The highest BCUT2D eigenvalue weighted by molar-refractivity contribution is 6.28. The molecule has 45 heavy (non-hydrogen) atoms. The van der Waals surface area contributed by atoms with Gasteiger partial charge in [0.2, 0.25) is 0 Å². The Morgan fingerprint density at radius 2 is 0.867 bits per heavy atom. The van der Waals surface area contributed by atoms with Gasteiger partial charge in [0.1, 0.15) is 11.5 Å². The molecule has 1 nitrogen and oxygen atoms in total. The van der Waals surface area contributed by atoms with Gasteiger partial charge in [0, 0.05) is 10.9 Å². The summed E-state index contributed by atoms with van der Waals surface area (Å²) in [7, 11) is 0. The second-order valence-electron chi connectivity index (χ2n) is 12.0. The van der Waals surface area contributed by atoms with Crippen LogP contribution in [0.2, 0.25) is 0 Å². The lowest BCUT2D eigenvalue weighted by molar-refractivity contribution is 0.487. The molecular weight excluding hydrogens is 544 g/mol. The van der Waals surface area contributed by atoms with E-state index in [4.69, 9.17) is 4.74 Å². The Hall–Kier alpha value is -5.92.